The van der Waals surface area contributed by atoms with Crippen LogP contribution in [0.1, 0.15) is 70.8 Å². The Morgan fingerprint density at radius 2 is 1.74 bits per heavy atom. The minimum absolute atomic E-state index is 0.0215. The molecule has 1 aromatic rings. The van der Waals surface area contributed by atoms with Gasteiger partial charge in [-0.1, -0.05) is 17.7 Å². The summed E-state index contributed by atoms with van der Waals surface area (Å²) in [7, 11) is 1.43. The molecule has 4 atom stereocenters. The molecule has 2 aliphatic carbocycles. The second kappa shape index (κ2) is 13.7. The second-order valence-corrected chi connectivity index (χ2v) is 11.9. The molecule has 42 heavy (non-hydrogen) atoms. The monoisotopic (exact) mass is 585 g/mol. The summed E-state index contributed by atoms with van der Waals surface area (Å²) < 4.78 is 10.5. The number of epoxide rings is 1. The Morgan fingerprint density at radius 3 is 2.33 bits per heavy atom. The third-order valence-electron chi connectivity index (χ3n) is 8.47. The molecule has 0 aromatic heterocycles. The van der Waals surface area contributed by atoms with Crippen LogP contribution in [0.5, 0.6) is 11.5 Å². The number of ketones is 1. The molecule has 4 rings (SSSR count). The van der Waals surface area contributed by atoms with E-state index < -0.39 is 41.6 Å². The van der Waals surface area contributed by atoms with Crippen LogP contribution >= 0.6 is 0 Å². The molecule has 0 spiro atoms. The molecule has 5 N–H and O–H groups in total. The molecule has 11 heteroatoms. The molecule has 1 saturated carbocycles. The molecule has 230 valence electrons. The lowest BCUT2D eigenvalue weighted by Gasteiger charge is -2.27. The highest BCUT2D eigenvalue weighted by atomic mass is 16.6. The molecule has 3 amide bonds. The lowest BCUT2D eigenvalue weighted by Crippen LogP contribution is -2.57. The molecule has 0 unspecified atom stereocenters. The predicted octanol–water partition coefficient (Wildman–Crippen LogP) is 1.83. The van der Waals surface area contributed by atoms with Gasteiger partial charge in [0, 0.05) is 12.3 Å². The average molecular weight is 586 g/mol. The van der Waals surface area contributed by atoms with Gasteiger partial charge in [-0.15, -0.1) is 0 Å². The van der Waals surface area contributed by atoms with Crippen molar-refractivity contribution in [3.8, 4) is 11.5 Å². The first-order valence-corrected chi connectivity index (χ1v) is 14.8. The van der Waals surface area contributed by atoms with Crippen LogP contribution in [0.15, 0.2) is 29.8 Å². The first kappa shape index (κ1) is 31.5. The topological polar surface area (TPSA) is 167 Å². The van der Waals surface area contributed by atoms with Crippen molar-refractivity contribution in [2.45, 2.75) is 101 Å². The van der Waals surface area contributed by atoms with E-state index >= 15 is 0 Å². The number of methoxy groups -OCH3 is 1. The van der Waals surface area contributed by atoms with Gasteiger partial charge in [-0.05, 0) is 82.9 Å². The maximum atomic E-state index is 13.7. The first-order valence-electron chi connectivity index (χ1n) is 14.8. The zero-order valence-corrected chi connectivity index (χ0v) is 24.6. The summed E-state index contributed by atoms with van der Waals surface area (Å²) in [4.78, 5) is 53.0. The number of aliphatic hydroxyl groups is 1. The molecule has 3 aliphatic rings. The number of Topliss-reactive ketones (excluding diaryl/α,β-unsaturated/α-hetero) is 1. The van der Waals surface area contributed by atoms with E-state index in [4.69, 9.17) is 9.47 Å². The smallest absolute Gasteiger partial charge is 0.243 e. The standard InChI is InChI=1S/C31H43N3O8/c1-18(32-29(39)21-9-11-22(35)12-10-21)28(38)34-24(15-20-8-13-26(41-3)25(36)16-20)30(40)33-23(14-19-6-4-5-7-19)27(37)31(2)17-42-31/h6,8,13,16,18,21-24,35-36H,4-5,7,9-12,14-15,17H2,1-3H3,(H,32,39)(H,33,40)(H,34,38)/t18-,21?,22?,23+,24+,31-/m1/s1. The van der Waals surface area contributed by atoms with E-state index in [1.165, 1.54) is 13.2 Å². The van der Waals surface area contributed by atoms with E-state index in [1.807, 2.05) is 0 Å². The number of benzene rings is 1. The Hall–Kier alpha value is -3.44. The van der Waals surface area contributed by atoms with Crippen LogP contribution in [0, 0.1) is 5.92 Å². The average Bonchev–Trinajstić information content (AvgIpc) is 3.50. The summed E-state index contributed by atoms with van der Waals surface area (Å²) in [5.41, 5.74) is 0.723. The molecule has 1 aliphatic heterocycles. The Balaban J connectivity index is 1.48. The van der Waals surface area contributed by atoms with Gasteiger partial charge in [0.1, 0.15) is 17.7 Å². The molecule has 1 saturated heterocycles. The zero-order valence-electron chi connectivity index (χ0n) is 24.6. The van der Waals surface area contributed by atoms with Crippen molar-refractivity contribution >= 4 is 23.5 Å². The summed E-state index contributed by atoms with van der Waals surface area (Å²) in [5, 5.41) is 28.4. The summed E-state index contributed by atoms with van der Waals surface area (Å²) in [6.07, 6.45) is 7.05. The van der Waals surface area contributed by atoms with Crippen molar-refractivity contribution in [2.75, 3.05) is 13.7 Å². The Kier molecular flexibility index (Phi) is 10.3. The van der Waals surface area contributed by atoms with E-state index in [9.17, 15) is 29.4 Å². The number of phenolic OH excluding ortho intramolecular Hbond substituents is 1. The van der Waals surface area contributed by atoms with Gasteiger partial charge < -0.3 is 35.6 Å². The third kappa shape index (κ3) is 8.10. The number of carbonyl (C=O) groups is 4. The van der Waals surface area contributed by atoms with Crippen molar-refractivity contribution in [3.05, 3.63) is 35.4 Å². The second-order valence-electron chi connectivity index (χ2n) is 11.9. The fourth-order valence-electron chi connectivity index (χ4n) is 5.62. The number of aliphatic hydroxyl groups excluding tert-OH is 1. The number of allylic oxidation sites excluding steroid dienone is 1. The molecular formula is C31H43N3O8. The zero-order chi connectivity index (χ0) is 30.4. The molecular weight excluding hydrogens is 542 g/mol. The number of carbonyl (C=O) groups excluding carboxylic acids is 4. The van der Waals surface area contributed by atoms with Crippen molar-refractivity contribution < 1.29 is 38.9 Å². The van der Waals surface area contributed by atoms with Crippen LogP contribution < -0.4 is 20.7 Å². The van der Waals surface area contributed by atoms with E-state index in [0.29, 0.717) is 44.3 Å². The maximum Gasteiger partial charge on any atom is 0.243 e. The number of aromatic hydroxyl groups is 1. The van der Waals surface area contributed by atoms with E-state index in [1.54, 1.807) is 26.0 Å². The van der Waals surface area contributed by atoms with Crippen molar-refractivity contribution in [1.29, 1.82) is 0 Å². The highest BCUT2D eigenvalue weighted by Gasteiger charge is 2.50. The van der Waals surface area contributed by atoms with Gasteiger partial charge in [-0.3, -0.25) is 19.2 Å². The van der Waals surface area contributed by atoms with Gasteiger partial charge in [0.15, 0.2) is 17.3 Å². The van der Waals surface area contributed by atoms with Gasteiger partial charge in [0.25, 0.3) is 0 Å². The van der Waals surface area contributed by atoms with E-state index in [0.717, 1.165) is 24.8 Å². The Bertz CT molecular complexity index is 1200. The molecule has 1 aromatic carbocycles. The predicted molar refractivity (Wildman–Crippen MR) is 154 cm³/mol. The number of hydrogen-bond acceptors (Lipinski definition) is 8. The highest BCUT2D eigenvalue weighted by molar-refractivity contribution is 5.98. The number of hydrogen-bond donors (Lipinski definition) is 5. The lowest BCUT2D eigenvalue weighted by molar-refractivity contribution is -0.134. The SMILES string of the molecule is COc1ccc(C[C@H](NC(=O)[C@@H](C)NC(=O)C2CCC(O)CC2)C(=O)N[C@@H](CC2=CCCC2)C(=O)[C@@]2(C)CO2)cc1O. The summed E-state index contributed by atoms with van der Waals surface area (Å²) in [6, 6.07) is 1.85. The minimum atomic E-state index is -1.10. The van der Waals surface area contributed by atoms with Crippen molar-refractivity contribution in [3.63, 3.8) is 0 Å². The summed E-state index contributed by atoms with van der Waals surface area (Å²) in [5.74, 6) is -1.72. The van der Waals surface area contributed by atoms with Gasteiger partial charge in [-0.25, -0.2) is 0 Å². The van der Waals surface area contributed by atoms with Crippen LogP contribution in [0.3, 0.4) is 0 Å². The van der Waals surface area contributed by atoms with Crippen LogP contribution in [-0.2, 0) is 30.3 Å². The van der Waals surface area contributed by atoms with Crippen LogP contribution in [-0.4, -0.2) is 77.3 Å². The Morgan fingerprint density at radius 1 is 1.05 bits per heavy atom. The number of ether oxygens (including phenoxy) is 2. The van der Waals surface area contributed by atoms with Gasteiger partial charge >= 0.3 is 0 Å². The van der Waals surface area contributed by atoms with Gasteiger partial charge in [0.05, 0.1) is 25.9 Å². The van der Waals surface area contributed by atoms with Crippen molar-refractivity contribution in [1.82, 2.24) is 16.0 Å². The first-order chi connectivity index (χ1) is 20.0. The normalized spacial score (nSPS) is 25.4. The van der Waals surface area contributed by atoms with Crippen LogP contribution in [0.25, 0.3) is 0 Å². The molecule has 11 nitrogen and oxygen atoms in total. The number of rotatable bonds is 13. The molecule has 2 fully saturated rings. The third-order valence-corrected chi connectivity index (χ3v) is 8.47. The highest BCUT2D eigenvalue weighted by Crippen LogP contribution is 2.32. The maximum absolute atomic E-state index is 13.7. The number of nitrogens with one attached hydrogen (secondary N) is 3. The van der Waals surface area contributed by atoms with Gasteiger partial charge in [-0.2, -0.15) is 0 Å². The fourth-order valence-corrected chi connectivity index (χ4v) is 5.62. The van der Waals surface area contributed by atoms with Gasteiger partial charge in [0.2, 0.25) is 17.7 Å². The fraction of sp³-hybridized carbons (Fsp3) is 0.613. The summed E-state index contributed by atoms with van der Waals surface area (Å²) in [6.45, 7) is 3.54. The van der Waals surface area contributed by atoms with Crippen LogP contribution in [0.2, 0.25) is 0 Å². The van der Waals surface area contributed by atoms with E-state index in [2.05, 4.69) is 22.0 Å². The molecule has 0 radical (unpaired) electrons. The number of phenols is 1. The van der Waals surface area contributed by atoms with Crippen LogP contribution in [0.4, 0.5) is 0 Å². The molecule has 1 heterocycles. The lowest BCUT2D eigenvalue weighted by atomic mass is 9.87. The summed E-state index contributed by atoms with van der Waals surface area (Å²) >= 11 is 0. The van der Waals surface area contributed by atoms with Crippen molar-refractivity contribution in [2.24, 2.45) is 5.92 Å². The quantitative estimate of drug-likeness (QED) is 0.173. The number of amides is 3. The largest absolute Gasteiger partial charge is 0.504 e. The minimum Gasteiger partial charge on any atom is -0.504 e. The Labute approximate surface area is 246 Å². The molecule has 0 bridgehead atoms. The van der Waals surface area contributed by atoms with E-state index in [-0.39, 0.29) is 35.5 Å².